The third kappa shape index (κ3) is 2.52. The van der Waals surface area contributed by atoms with Crippen molar-refractivity contribution in [1.29, 1.82) is 0 Å². The average molecular weight is 375 g/mol. The Morgan fingerprint density at radius 2 is 2.00 bits per heavy atom. The molecular weight excluding hydrogens is 357 g/mol. The largest absolute Gasteiger partial charge is 0.478 e. The predicted octanol–water partition coefficient (Wildman–Crippen LogP) is 4.13. The van der Waals surface area contributed by atoms with E-state index in [1.54, 1.807) is 30.7 Å². The van der Waals surface area contributed by atoms with Crippen LogP contribution in [0.2, 0.25) is 0 Å². The van der Waals surface area contributed by atoms with Gasteiger partial charge in [-0.05, 0) is 42.3 Å². The normalized spacial score (nSPS) is 17.8. The maximum atomic E-state index is 14.7. The van der Waals surface area contributed by atoms with Crippen LogP contribution in [0.15, 0.2) is 66.6 Å². The fraction of sp³-hybridized carbons (Fsp3) is 0.182. The van der Waals surface area contributed by atoms with Gasteiger partial charge in [-0.2, -0.15) is 0 Å². The number of anilines is 1. The first-order valence-corrected chi connectivity index (χ1v) is 9.21. The zero-order valence-corrected chi connectivity index (χ0v) is 15.0. The first-order valence-electron chi connectivity index (χ1n) is 9.21. The summed E-state index contributed by atoms with van der Waals surface area (Å²) >= 11 is 0. The lowest BCUT2D eigenvalue weighted by molar-refractivity contribution is 0.0697. The molecule has 2 aliphatic heterocycles. The lowest BCUT2D eigenvalue weighted by Gasteiger charge is -2.31. The Bertz CT molecular complexity index is 1100. The van der Waals surface area contributed by atoms with E-state index in [1.165, 1.54) is 11.6 Å². The van der Waals surface area contributed by atoms with E-state index >= 15 is 0 Å². The minimum Gasteiger partial charge on any atom is -0.478 e. The van der Waals surface area contributed by atoms with Crippen LogP contribution in [-0.2, 0) is 0 Å². The third-order valence-corrected chi connectivity index (χ3v) is 5.62. The molecule has 3 heterocycles. The van der Waals surface area contributed by atoms with Crippen LogP contribution in [0.3, 0.4) is 0 Å². The Morgan fingerprint density at radius 3 is 2.71 bits per heavy atom. The number of hydrogen-bond donors (Lipinski definition) is 1. The Balaban J connectivity index is 1.44. The number of carbonyl (C=O) groups is 1. The summed E-state index contributed by atoms with van der Waals surface area (Å²) in [5.74, 6) is -1.11. The van der Waals surface area contributed by atoms with Crippen molar-refractivity contribution in [2.75, 3.05) is 18.0 Å². The number of nitrogens with zero attached hydrogens (tertiary/aromatic N) is 3. The molecule has 0 saturated heterocycles. The van der Waals surface area contributed by atoms with Gasteiger partial charge in [-0.1, -0.05) is 18.2 Å². The second-order valence-corrected chi connectivity index (χ2v) is 7.12. The summed E-state index contributed by atoms with van der Waals surface area (Å²) in [6.07, 6.45) is 6.52. The number of aromatic carboxylic acids is 1. The molecule has 5 rings (SSSR count). The highest BCUT2D eigenvalue weighted by Gasteiger charge is 2.34. The van der Waals surface area contributed by atoms with Crippen molar-refractivity contribution in [1.82, 2.24) is 9.55 Å². The molecule has 2 aliphatic rings. The van der Waals surface area contributed by atoms with Gasteiger partial charge in [-0.15, -0.1) is 0 Å². The molecule has 3 aromatic rings. The third-order valence-electron chi connectivity index (χ3n) is 5.62. The molecule has 0 aliphatic carbocycles. The van der Waals surface area contributed by atoms with Crippen LogP contribution in [-0.4, -0.2) is 33.7 Å². The van der Waals surface area contributed by atoms with Crippen LogP contribution in [0.5, 0.6) is 0 Å². The number of aromatic nitrogens is 2. The van der Waals surface area contributed by atoms with Crippen molar-refractivity contribution in [2.24, 2.45) is 0 Å². The van der Waals surface area contributed by atoms with E-state index in [0.29, 0.717) is 6.54 Å². The van der Waals surface area contributed by atoms with Crippen LogP contribution in [0, 0.1) is 5.82 Å². The summed E-state index contributed by atoms with van der Waals surface area (Å²) in [4.78, 5) is 17.5. The van der Waals surface area contributed by atoms with Gasteiger partial charge in [0.1, 0.15) is 5.82 Å². The first-order chi connectivity index (χ1) is 13.6. The van der Waals surface area contributed by atoms with E-state index < -0.39 is 5.97 Å². The van der Waals surface area contributed by atoms with Gasteiger partial charge >= 0.3 is 5.97 Å². The maximum absolute atomic E-state index is 14.7. The molecule has 2 aromatic carbocycles. The number of imidazole rings is 1. The van der Waals surface area contributed by atoms with Gasteiger partial charge in [0.25, 0.3) is 0 Å². The maximum Gasteiger partial charge on any atom is 0.335 e. The summed E-state index contributed by atoms with van der Waals surface area (Å²) in [5, 5.41) is 9.05. The average Bonchev–Trinajstić information content (AvgIpc) is 3.30. The minimum absolute atomic E-state index is 0.148. The topological polar surface area (TPSA) is 58.4 Å². The molecule has 1 aromatic heterocycles. The molecule has 1 unspecified atom stereocenters. The summed E-state index contributed by atoms with van der Waals surface area (Å²) < 4.78 is 16.7. The fourth-order valence-corrected chi connectivity index (χ4v) is 4.24. The molecule has 0 saturated carbocycles. The SMILES string of the molecule is O=C(O)c1ccc(N2CC=C(C3c4c(F)cccc4-c4cncn43)CC2)cc1. The molecular formula is C22H18FN3O2. The molecule has 6 heteroatoms. The number of fused-ring (bicyclic) bond motifs is 3. The molecule has 1 atom stereocenters. The van der Waals surface area contributed by atoms with Crippen molar-refractivity contribution >= 4 is 11.7 Å². The Hall–Kier alpha value is -3.41. The second kappa shape index (κ2) is 6.34. The highest BCUT2D eigenvalue weighted by atomic mass is 19.1. The van der Waals surface area contributed by atoms with Gasteiger partial charge < -0.3 is 14.6 Å². The zero-order valence-electron chi connectivity index (χ0n) is 15.0. The number of benzene rings is 2. The summed E-state index contributed by atoms with van der Waals surface area (Å²) in [6.45, 7) is 1.49. The Morgan fingerprint density at radius 1 is 1.18 bits per heavy atom. The minimum atomic E-state index is -0.926. The quantitative estimate of drug-likeness (QED) is 0.700. The van der Waals surface area contributed by atoms with Crippen LogP contribution < -0.4 is 4.90 Å². The van der Waals surface area contributed by atoms with Crippen molar-refractivity contribution in [3.8, 4) is 11.3 Å². The second-order valence-electron chi connectivity index (χ2n) is 7.12. The summed E-state index contributed by atoms with van der Waals surface area (Å²) in [7, 11) is 0. The highest BCUT2D eigenvalue weighted by Crippen LogP contribution is 2.45. The van der Waals surface area contributed by atoms with E-state index in [1.807, 2.05) is 18.2 Å². The van der Waals surface area contributed by atoms with E-state index in [2.05, 4.69) is 20.5 Å². The van der Waals surface area contributed by atoms with Crippen LogP contribution >= 0.6 is 0 Å². The number of carboxylic acids is 1. The molecule has 1 N–H and O–H groups in total. The van der Waals surface area contributed by atoms with Gasteiger partial charge in [-0.3, -0.25) is 0 Å². The van der Waals surface area contributed by atoms with Crippen molar-refractivity contribution in [2.45, 2.75) is 12.5 Å². The predicted molar refractivity (Wildman–Crippen MR) is 104 cm³/mol. The molecule has 0 amide bonds. The van der Waals surface area contributed by atoms with E-state index in [-0.39, 0.29) is 17.4 Å². The fourth-order valence-electron chi connectivity index (χ4n) is 4.24. The van der Waals surface area contributed by atoms with Gasteiger partial charge in [0, 0.05) is 29.9 Å². The van der Waals surface area contributed by atoms with Gasteiger partial charge in [0.05, 0.1) is 29.8 Å². The van der Waals surface area contributed by atoms with Crippen molar-refractivity contribution < 1.29 is 14.3 Å². The summed E-state index contributed by atoms with van der Waals surface area (Å²) in [5.41, 5.74) is 5.04. The number of halogens is 1. The van der Waals surface area contributed by atoms with Crippen LogP contribution in [0.1, 0.15) is 28.4 Å². The lowest BCUT2D eigenvalue weighted by atomic mass is 9.92. The molecule has 5 nitrogen and oxygen atoms in total. The smallest absolute Gasteiger partial charge is 0.335 e. The molecule has 0 fully saturated rings. The van der Waals surface area contributed by atoms with Gasteiger partial charge in [0.2, 0.25) is 0 Å². The molecule has 0 radical (unpaired) electrons. The standard InChI is InChI=1S/C22H18FN3O2/c23-18-3-1-2-17-19-12-24-13-26(19)21(20(17)18)14-8-10-25(11-9-14)16-6-4-15(5-7-16)22(27)28/h1-8,12-13,21H,9-11H2,(H,27,28). The molecule has 0 bridgehead atoms. The molecule has 28 heavy (non-hydrogen) atoms. The van der Waals surface area contributed by atoms with Crippen molar-refractivity contribution in [3.63, 3.8) is 0 Å². The molecule has 140 valence electrons. The summed E-state index contributed by atoms with van der Waals surface area (Å²) in [6, 6.07) is 12.0. The van der Waals surface area contributed by atoms with E-state index in [9.17, 15) is 9.18 Å². The molecule has 0 spiro atoms. The van der Waals surface area contributed by atoms with Gasteiger partial charge in [-0.25, -0.2) is 14.2 Å². The first kappa shape index (κ1) is 16.7. The Kier molecular flexibility index (Phi) is 3.79. The van der Waals surface area contributed by atoms with E-state index in [4.69, 9.17) is 5.11 Å². The Labute approximate surface area is 161 Å². The monoisotopic (exact) mass is 375 g/mol. The van der Waals surface area contributed by atoms with Crippen molar-refractivity contribution in [3.05, 3.63) is 83.6 Å². The van der Waals surface area contributed by atoms with E-state index in [0.717, 1.165) is 35.5 Å². The van der Waals surface area contributed by atoms with Crippen LogP contribution in [0.4, 0.5) is 10.1 Å². The number of carboxylic acid groups (broad SMARTS) is 1. The zero-order chi connectivity index (χ0) is 19.3. The van der Waals surface area contributed by atoms with Gasteiger partial charge in [0.15, 0.2) is 0 Å². The van der Waals surface area contributed by atoms with Crippen LogP contribution in [0.25, 0.3) is 11.3 Å². The number of rotatable bonds is 3. The number of hydrogen-bond acceptors (Lipinski definition) is 3. The highest BCUT2D eigenvalue weighted by molar-refractivity contribution is 5.88. The lowest BCUT2D eigenvalue weighted by Crippen LogP contribution is -2.30.